The molecule has 0 aliphatic carbocycles. The van der Waals surface area contributed by atoms with Gasteiger partial charge in [0.15, 0.2) is 0 Å². The number of benzene rings is 1. The number of aryl methyl sites for hydroxylation is 1. The first-order valence-corrected chi connectivity index (χ1v) is 6.19. The fourth-order valence-corrected chi connectivity index (χ4v) is 1.75. The minimum absolute atomic E-state index is 0.122. The van der Waals surface area contributed by atoms with E-state index in [1.165, 1.54) is 25.4 Å². The minimum Gasteiger partial charge on any atom is -0.507 e. The van der Waals surface area contributed by atoms with Crippen LogP contribution in [0.4, 0.5) is 5.69 Å². The Morgan fingerprint density at radius 1 is 1.40 bits per heavy atom. The summed E-state index contributed by atoms with van der Waals surface area (Å²) in [5, 5.41) is 12.7. The molecule has 0 aliphatic rings. The van der Waals surface area contributed by atoms with Crippen LogP contribution in [0.3, 0.4) is 0 Å². The van der Waals surface area contributed by atoms with Gasteiger partial charge in [-0.3, -0.25) is 4.79 Å². The number of carbonyl (C=O) groups excluding carboxylic acids is 1. The first-order valence-electron chi connectivity index (χ1n) is 5.81. The van der Waals surface area contributed by atoms with E-state index in [-0.39, 0.29) is 11.3 Å². The predicted octanol–water partition coefficient (Wildman–Crippen LogP) is 3.01. The lowest BCUT2D eigenvalue weighted by molar-refractivity contribution is 0.102. The van der Waals surface area contributed by atoms with Gasteiger partial charge >= 0.3 is 0 Å². The molecule has 5 nitrogen and oxygen atoms in total. The third-order valence-electron chi connectivity index (χ3n) is 2.72. The molecule has 1 amide bonds. The Balaban J connectivity index is 2.25. The summed E-state index contributed by atoms with van der Waals surface area (Å²) in [6.45, 7) is 1.79. The van der Waals surface area contributed by atoms with Crippen LogP contribution in [-0.4, -0.2) is 23.1 Å². The molecule has 20 heavy (non-hydrogen) atoms. The van der Waals surface area contributed by atoms with E-state index >= 15 is 0 Å². The number of ether oxygens (including phenoxy) is 1. The maximum absolute atomic E-state index is 12.1. The van der Waals surface area contributed by atoms with Crippen LogP contribution in [0.1, 0.15) is 15.9 Å². The molecule has 6 heteroatoms. The van der Waals surface area contributed by atoms with Crippen molar-refractivity contribution in [2.75, 3.05) is 12.4 Å². The Kier molecular flexibility index (Phi) is 4.10. The van der Waals surface area contributed by atoms with Gasteiger partial charge in [-0.05, 0) is 36.8 Å². The molecule has 1 heterocycles. The summed E-state index contributed by atoms with van der Waals surface area (Å²) < 4.78 is 5.02. The second-order valence-electron chi connectivity index (χ2n) is 4.17. The minimum atomic E-state index is -0.454. The molecule has 0 atom stereocenters. The van der Waals surface area contributed by atoms with E-state index in [4.69, 9.17) is 16.3 Å². The molecule has 0 saturated carbocycles. The van der Waals surface area contributed by atoms with Crippen molar-refractivity contribution in [3.05, 3.63) is 46.7 Å². The van der Waals surface area contributed by atoms with Crippen LogP contribution in [0.2, 0.25) is 5.15 Å². The van der Waals surface area contributed by atoms with E-state index in [1.807, 2.05) is 0 Å². The van der Waals surface area contributed by atoms with E-state index in [2.05, 4.69) is 10.3 Å². The van der Waals surface area contributed by atoms with Gasteiger partial charge in [0.1, 0.15) is 16.7 Å². The second-order valence-corrected chi connectivity index (χ2v) is 4.53. The molecule has 0 fully saturated rings. The number of phenolic OH excluding ortho intramolecular Hbond substituents is 1. The summed E-state index contributed by atoms with van der Waals surface area (Å²) in [6.07, 6.45) is 1.45. The Bertz CT molecular complexity index is 659. The zero-order valence-electron chi connectivity index (χ0n) is 11.0. The summed E-state index contributed by atoms with van der Waals surface area (Å²) in [6, 6.07) is 6.13. The van der Waals surface area contributed by atoms with E-state index in [9.17, 15) is 9.90 Å². The molecular weight excluding hydrogens is 280 g/mol. The Morgan fingerprint density at radius 3 is 2.80 bits per heavy atom. The number of nitrogens with one attached hydrogen (secondary N) is 1. The number of aromatic hydroxyl groups is 1. The highest BCUT2D eigenvalue weighted by molar-refractivity contribution is 6.30. The van der Waals surface area contributed by atoms with Gasteiger partial charge in [-0.15, -0.1) is 0 Å². The first-order chi connectivity index (χ1) is 9.51. The van der Waals surface area contributed by atoms with Crippen LogP contribution in [0, 0.1) is 6.92 Å². The number of amides is 1. The number of pyridine rings is 1. The van der Waals surface area contributed by atoms with Crippen LogP contribution in [-0.2, 0) is 0 Å². The number of hydrogen-bond acceptors (Lipinski definition) is 4. The molecule has 0 radical (unpaired) electrons. The molecule has 0 aliphatic heterocycles. The molecule has 0 unspecified atom stereocenters. The fraction of sp³-hybridized carbons (Fsp3) is 0.143. The van der Waals surface area contributed by atoms with E-state index < -0.39 is 5.91 Å². The average molecular weight is 293 g/mol. The van der Waals surface area contributed by atoms with Gasteiger partial charge in [0.2, 0.25) is 0 Å². The molecule has 0 saturated heterocycles. The van der Waals surface area contributed by atoms with E-state index in [0.717, 1.165) is 5.56 Å². The first kappa shape index (κ1) is 14.1. The lowest BCUT2D eigenvalue weighted by atomic mass is 10.1. The number of halogens is 1. The maximum Gasteiger partial charge on any atom is 0.259 e. The third kappa shape index (κ3) is 3.00. The topological polar surface area (TPSA) is 71.5 Å². The fourth-order valence-electron chi connectivity index (χ4n) is 1.65. The molecule has 2 N–H and O–H groups in total. The number of nitrogens with zero attached hydrogens (tertiary/aromatic N) is 1. The summed E-state index contributed by atoms with van der Waals surface area (Å²) in [7, 11) is 1.49. The standard InChI is InChI=1S/C14H13ClN2O3/c1-8-5-9(7-16-13(8)15)17-14(19)11-6-10(20-2)3-4-12(11)18/h3-7,18H,1-2H3,(H,17,19). The molecule has 104 valence electrons. The Morgan fingerprint density at radius 2 is 2.15 bits per heavy atom. The van der Waals surface area contributed by atoms with Crippen LogP contribution in [0.25, 0.3) is 0 Å². The Labute approximate surface area is 121 Å². The van der Waals surface area contributed by atoms with Crippen molar-refractivity contribution in [3.63, 3.8) is 0 Å². The normalized spacial score (nSPS) is 10.2. The van der Waals surface area contributed by atoms with Crippen molar-refractivity contribution in [1.82, 2.24) is 4.98 Å². The third-order valence-corrected chi connectivity index (χ3v) is 3.12. The largest absolute Gasteiger partial charge is 0.507 e. The number of rotatable bonds is 3. The van der Waals surface area contributed by atoms with Gasteiger partial charge < -0.3 is 15.2 Å². The monoisotopic (exact) mass is 292 g/mol. The van der Waals surface area contributed by atoms with Gasteiger partial charge in [0.25, 0.3) is 5.91 Å². The maximum atomic E-state index is 12.1. The van der Waals surface area contributed by atoms with Gasteiger partial charge in [-0.2, -0.15) is 0 Å². The summed E-state index contributed by atoms with van der Waals surface area (Å²) >= 11 is 5.82. The average Bonchev–Trinajstić information content (AvgIpc) is 2.43. The van der Waals surface area contributed by atoms with Crippen molar-refractivity contribution in [2.24, 2.45) is 0 Å². The number of carbonyl (C=O) groups is 1. The Hall–Kier alpha value is -2.27. The van der Waals surface area contributed by atoms with Gasteiger partial charge in [0, 0.05) is 0 Å². The molecule has 2 aromatic rings. The van der Waals surface area contributed by atoms with Crippen molar-refractivity contribution in [2.45, 2.75) is 6.92 Å². The van der Waals surface area contributed by atoms with Gasteiger partial charge in [-0.1, -0.05) is 11.6 Å². The molecule has 1 aromatic heterocycles. The molecule has 0 spiro atoms. The highest BCUT2D eigenvalue weighted by Crippen LogP contribution is 2.24. The summed E-state index contributed by atoms with van der Waals surface area (Å²) in [5.74, 6) is -0.0924. The molecule has 0 bridgehead atoms. The van der Waals surface area contributed by atoms with E-state index in [1.54, 1.807) is 19.1 Å². The summed E-state index contributed by atoms with van der Waals surface area (Å²) in [5.41, 5.74) is 1.37. The molecule has 1 aromatic carbocycles. The number of methoxy groups -OCH3 is 1. The zero-order valence-corrected chi connectivity index (χ0v) is 11.7. The number of phenols is 1. The number of anilines is 1. The smallest absolute Gasteiger partial charge is 0.259 e. The molecular formula is C14H13ClN2O3. The van der Waals surface area contributed by atoms with Gasteiger partial charge in [-0.25, -0.2) is 4.98 Å². The number of hydrogen-bond donors (Lipinski definition) is 2. The van der Waals surface area contributed by atoms with Crippen LogP contribution in [0.5, 0.6) is 11.5 Å². The molecule has 2 rings (SSSR count). The van der Waals surface area contributed by atoms with Crippen LogP contribution in [0.15, 0.2) is 30.5 Å². The number of aromatic nitrogens is 1. The van der Waals surface area contributed by atoms with Gasteiger partial charge in [0.05, 0.1) is 24.6 Å². The lowest BCUT2D eigenvalue weighted by Crippen LogP contribution is -2.12. The lowest BCUT2D eigenvalue weighted by Gasteiger charge is -2.09. The van der Waals surface area contributed by atoms with Crippen molar-refractivity contribution < 1.29 is 14.6 Å². The van der Waals surface area contributed by atoms with Crippen molar-refractivity contribution in [3.8, 4) is 11.5 Å². The summed E-state index contributed by atoms with van der Waals surface area (Å²) in [4.78, 5) is 16.1. The van der Waals surface area contributed by atoms with Crippen molar-refractivity contribution >= 4 is 23.2 Å². The van der Waals surface area contributed by atoms with Crippen molar-refractivity contribution in [1.29, 1.82) is 0 Å². The van der Waals surface area contributed by atoms with E-state index in [0.29, 0.717) is 16.6 Å². The highest BCUT2D eigenvalue weighted by Gasteiger charge is 2.13. The zero-order chi connectivity index (χ0) is 14.7. The quantitative estimate of drug-likeness (QED) is 0.853. The van der Waals surface area contributed by atoms with Crippen LogP contribution < -0.4 is 10.1 Å². The second kappa shape index (κ2) is 5.79. The highest BCUT2D eigenvalue weighted by atomic mass is 35.5. The van der Waals surface area contributed by atoms with Crippen LogP contribution >= 0.6 is 11.6 Å². The predicted molar refractivity (Wildman–Crippen MR) is 76.6 cm³/mol. The SMILES string of the molecule is COc1ccc(O)c(C(=O)Nc2cnc(Cl)c(C)c2)c1.